The van der Waals surface area contributed by atoms with Crippen molar-refractivity contribution >= 4 is 39.1 Å². The number of benzene rings is 2. The normalized spacial score (nSPS) is 12.8. The topological polar surface area (TPSA) is 86.7 Å². The molecule has 0 aromatic heterocycles. The summed E-state index contributed by atoms with van der Waals surface area (Å²) in [4.78, 5) is 12.3. The molecule has 2 aromatic rings. The fourth-order valence-electron chi connectivity index (χ4n) is 2.14. The molecule has 0 aliphatic carbocycles. The van der Waals surface area contributed by atoms with Gasteiger partial charge >= 0.3 is 0 Å². The van der Waals surface area contributed by atoms with Gasteiger partial charge in [0.2, 0.25) is 10.0 Å². The van der Waals surface area contributed by atoms with Gasteiger partial charge in [-0.1, -0.05) is 35.3 Å². The molecule has 0 fully saturated rings. The molecule has 0 heterocycles. The van der Waals surface area contributed by atoms with Crippen molar-refractivity contribution in [3.05, 3.63) is 63.6 Å². The lowest BCUT2D eigenvalue weighted by molar-refractivity contribution is 0.0916. The van der Waals surface area contributed by atoms with Crippen LogP contribution >= 0.6 is 23.2 Å². The Kier molecular flexibility index (Phi) is 6.65. The Morgan fingerprint density at radius 2 is 1.77 bits per heavy atom. The second-order valence-corrected chi connectivity index (χ2v) is 8.70. The van der Waals surface area contributed by atoms with E-state index in [0.29, 0.717) is 10.6 Å². The molecule has 9 heteroatoms. The number of hydrogen-bond acceptors (Lipinski definition) is 4. The van der Waals surface area contributed by atoms with Gasteiger partial charge in [0.25, 0.3) is 5.91 Å². The van der Waals surface area contributed by atoms with Gasteiger partial charge in [-0.15, -0.1) is 0 Å². The number of carbonyl (C=O) groups is 1. The first-order valence-electron chi connectivity index (χ1n) is 7.56. The number of rotatable bonds is 6. The summed E-state index contributed by atoms with van der Waals surface area (Å²) in [5, 5.41) is 13.3. The van der Waals surface area contributed by atoms with Crippen LogP contribution in [0.3, 0.4) is 0 Å². The highest BCUT2D eigenvalue weighted by molar-refractivity contribution is 7.89. The number of amides is 1. The zero-order valence-corrected chi connectivity index (χ0v) is 16.4. The van der Waals surface area contributed by atoms with Gasteiger partial charge in [0, 0.05) is 25.7 Å². The molecule has 0 spiro atoms. The molecule has 140 valence electrons. The zero-order valence-electron chi connectivity index (χ0n) is 14.1. The van der Waals surface area contributed by atoms with E-state index in [1.165, 1.54) is 32.3 Å². The quantitative estimate of drug-likeness (QED) is 0.757. The maximum absolute atomic E-state index is 12.4. The van der Waals surface area contributed by atoms with Crippen molar-refractivity contribution < 1.29 is 18.3 Å². The average Bonchev–Trinajstić information content (AvgIpc) is 2.60. The molecule has 0 saturated carbocycles. The number of nitrogens with zero attached hydrogens (tertiary/aromatic N) is 1. The predicted molar refractivity (Wildman–Crippen MR) is 101 cm³/mol. The first kappa shape index (κ1) is 20.7. The van der Waals surface area contributed by atoms with Gasteiger partial charge in [-0.25, -0.2) is 12.7 Å². The van der Waals surface area contributed by atoms with Crippen LogP contribution in [-0.4, -0.2) is 44.4 Å². The summed E-state index contributed by atoms with van der Waals surface area (Å²) < 4.78 is 25.4. The maximum Gasteiger partial charge on any atom is 0.252 e. The predicted octanol–water partition coefficient (Wildman–Crippen LogP) is 2.71. The summed E-state index contributed by atoms with van der Waals surface area (Å²) >= 11 is 11.8. The molecule has 0 aliphatic heterocycles. The van der Waals surface area contributed by atoms with Crippen molar-refractivity contribution in [2.24, 2.45) is 0 Å². The van der Waals surface area contributed by atoms with Crippen molar-refractivity contribution in [2.75, 3.05) is 20.6 Å². The fraction of sp³-hybridized carbons (Fsp3) is 0.235. The molecule has 2 N–H and O–H groups in total. The smallest absolute Gasteiger partial charge is 0.252 e. The number of nitrogens with one attached hydrogen (secondary N) is 1. The first-order chi connectivity index (χ1) is 12.1. The minimum absolute atomic E-state index is 0.0119. The molecule has 6 nitrogen and oxygen atoms in total. The number of sulfonamides is 1. The van der Waals surface area contributed by atoms with E-state index >= 15 is 0 Å². The first-order valence-corrected chi connectivity index (χ1v) is 9.76. The maximum atomic E-state index is 12.4. The van der Waals surface area contributed by atoms with Gasteiger partial charge in [0.1, 0.15) is 0 Å². The monoisotopic (exact) mass is 416 g/mol. The van der Waals surface area contributed by atoms with Crippen LogP contribution in [0.5, 0.6) is 0 Å². The molecule has 0 saturated heterocycles. The third-order valence-corrected chi connectivity index (χ3v) is 6.06. The number of carbonyl (C=O) groups excluding carboxylic acids is 1. The third kappa shape index (κ3) is 4.75. The lowest BCUT2D eigenvalue weighted by Crippen LogP contribution is -2.29. The third-order valence-electron chi connectivity index (χ3n) is 3.67. The summed E-state index contributed by atoms with van der Waals surface area (Å²) in [5.41, 5.74) is 0.600. The van der Waals surface area contributed by atoms with Gasteiger partial charge in [-0.2, -0.15) is 0 Å². The number of hydrogen-bond donors (Lipinski definition) is 2. The van der Waals surface area contributed by atoms with Crippen molar-refractivity contribution in [2.45, 2.75) is 11.0 Å². The molecule has 2 aromatic carbocycles. The Morgan fingerprint density at radius 1 is 1.15 bits per heavy atom. The molecule has 1 amide bonds. The molecule has 1 atom stereocenters. The summed E-state index contributed by atoms with van der Waals surface area (Å²) in [6, 6.07) is 10.5. The van der Waals surface area contributed by atoms with Crippen LogP contribution in [0.2, 0.25) is 10.0 Å². The van der Waals surface area contributed by atoms with Crippen LogP contribution in [0, 0.1) is 0 Å². The Morgan fingerprint density at radius 3 is 2.35 bits per heavy atom. The lowest BCUT2D eigenvalue weighted by atomic mass is 10.1. The second-order valence-electron chi connectivity index (χ2n) is 5.71. The number of aliphatic hydroxyl groups excluding tert-OH is 1. The Bertz CT molecular complexity index is 899. The number of aliphatic hydroxyl groups is 1. The Hall–Kier alpha value is -1.64. The van der Waals surface area contributed by atoms with Gasteiger partial charge in [0.15, 0.2) is 0 Å². The van der Waals surface area contributed by atoms with E-state index < -0.39 is 22.0 Å². The van der Waals surface area contributed by atoms with Crippen LogP contribution in [0.15, 0.2) is 47.4 Å². The van der Waals surface area contributed by atoms with Crippen molar-refractivity contribution in [1.82, 2.24) is 9.62 Å². The van der Waals surface area contributed by atoms with Crippen LogP contribution < -0.4 is 5.32 Å². The minimum atomic E-state index is -3.70. The van der Waals surface area contributed by atoms with Crippen LogP contribution in [0.1, 0.15) is 22.0 Å². The largest absolute Gasteiger partial charge is 0.387 e. The van der Waals surface area contributed by atoms with Crippen molar-refractivity contribution in [1.29, 1.82) is 0 Å². The summed E-state index contributed by atoms with van der Waals surface area (Å²) in [6.45, 7) is -0.0680. The van der Waals surface area contributed by atoms with Crippen LogP contribution in [-0.2, 0) is 10.0 Å². The highest BCUT2D eigenvalue weighted by Gasteiger charge is 2.21. The Balaban J connectivity index is 2.15. The molecular weight excluding hydrogens is 399 g/mol. The van der Waals surface area contributed by atoms with Gasteiger partial charge < -0.3 is 10.4 Å². The minimum Gasteiger partial charge on any atom is -0.387 e. The van der Waals surface area contributed by atoms with Crippen molar-refractivity contribution in [3.8, 4) is 0 Å². The Labute approximate surface area is 162 Å². The molecule has 0 radical (unpaired) electrons. The molecule has 26 heavy (non-hydrogen) atoms. The summed E-state index contributed by atoms with van der Waals surface area (Å²) in [6.07, 6.45) is -0.941. The summed E-state index contributed by atoms with van der Waals surface area (Å²) in [5.74, 6) is -0.584. The SMILES string of the molecule is CN(C)S(=O)(=O)c1ccc(Cl)c(C(=O)NC[C@H](O)c2ccc(Cl)cc2)c1. The van der Waals surface area contributed by atoms with Gasteiger partial charge in [0.05, 0.1) is 21.6 Å². The van der Waals surface area contributed by atoms with E-state index in [4.69, 9.17) is 23.2 Å². The zero-order chi connectivity index (χ0) is 19.5. The number of halogens is 2. The highest BCUT2D eigenvalue weighted by Crippen LogP contribution is 2.22. The van der Waals surface area contributed by atoms with E-state index in [2.05, 4.69) is 5.32 Å². The van der Waals surface area contributed by atoms with Crippen molar-refractivity contribution in [3.63, 3.8) is 0 Å². The highest BCUT2D eigenvalue weighted by atomic mass is 35.5. The average molecular weight is 417 g/mol. The standard InChI is InChI=1S/C17H18Cl2N2O4S/c1-21(2)26(24,25)13-7-8-15(19)14(9-13)17(23)20-10-16(22)11-3-5-12(18)6-4-11/h3-9,16,22H,10H2,1-2H3,(H,20,23)/t16-/m0/s1. The van der Waals surface area contributed by atoms with E-state index in [-0.39, 0.29) is 22.0 Å². The molecule has 0 aliphatic rings. The molecule has 0 bridgehead atoms. The van der Waals surface area contributed by atoms with E-state index in [1.54, 1.807) is 24.3 Å². The van der Waals surface area contributed by atoms with Crippen LogP contribution in [0.25, 0.3) is 0 Å². The fourth-order valence-corrected chi connectivity index (χ4v) is 3.39. The molecular formula is C17H18Cl2N2O4S. The summed E-state index contributed by atoms with van der Waals surface area (Å²) in [7, 11) is -0.905. The van der Waals surface area contributed by atoms with E-state index in [9.17, 15) is 18.3 Å². The van der Waals surface area contributed by atoms with E-state index in [0.717, 1.165) is 4.31 Å². The molecule has 2 rings (SSSR count). The molecule has 0 unspecified atom stereocenters. The van der Waals surface area contributed by atoms with E-state index in [1.807, 2.05) is 0 Å². The van der Waals surface area contributed by atoms with Gasteiger partial charge in [-0.05, 0) is 35.9 Å². The lowest BCUT2D eigenvalue weighted by Gasteiger charge is -2.15. The van der Waals surface area contributed by atoms with Crippen LogP contribution in [0.4, 0.5) is 0 Å². The van der Waals surface area contributed by atoms with Gasteiger partial charge in [-0.3, -0.25) is 4.79 Å². The second kappa shape index (κ2) is 8.37.